The van der Waals surface area contributed by atoms with E-state index in [2.05, 4.69) is 23.5 Å². The smallest absolute Gasteiger partial charge is 0.335 e. The Balaban J connectivity index is 2.26. The number of nitrogens with zero attached hydrogens (tertiary/aromatic N) is 1. The number of hydrogen-bond acceptors (Lipinski definition) is 4. The first kappa shape index (κ1) is 15.5. The number of nitrogens with one attached hydrogen (secondary N) is 1. The standard InChI is InChI=1S/C15H15ClN2O2S/c1-8-6-12(10(3)21-8)9(2)17-18-14-7-11(15(19)20)4-5-13(14)16/h4-7,18H,1-3H3,(H,19,20)/b17-9-. The largest absolute Gasteiger partial charge is 0.478 e. The third kappa shape index (κ3) is 3.62. The maximum Gasteiger partial charge on any atom is 0.335 e. The van der Waals surface area contributed by atoms with E-state index in [0.29, 0.717) is 10.7 Å². The Labute approximate surface area is 132 Å². The Kier molecular flexibility index (Phi) is 4.65. The summed E-state index contributed by atoms with van der Waals surface area (Å²) in [6.07, 6.45) is 0. The molecule has 1 heterocycles. The first-order valence-electron chi connectivity index (χ1n) is 6.29. The van der Waals surface area contributed by atoms with E-state index in [1.165, 1.54) is 28.0 Å². The molecule has 0 aliphatic rings. The predicted molar refractivity (Wildman–Crippen MR) is 88.0 cm³/mol. The SMILES string of the molecule is C/C(=N/Nc1cc(C(=O)O)ccc1Cl)c1cc(C)sc1C. The van der Waals surface area contributed by atoms with E-state index in [1.54, 1.807) is 11.3 Å². The highest BCUT2D eigenvalue weighted by atomic mass is 35.5. The summed E-state index contributed by atoms with van der Waals surface area (Å²) < 4.78 is 0. The summed E-state index contributed by atoms with van der Waals surface area (Å²) in [5, 5.41) is 13.7. The minimum Gasteiger partial charge on any atom is -0.478 e. The molecule has 2 aromatic rings. The molecule has 0 aliphatic heterocycles. The summed E-state index contributed by atoms with van der Waals surface area (Å²) >= 11 is 7.76. The molecule has 0 unspecified atom stereocenters. The number of carboxylic acid groups (broad SMARTS) is 1. The molecule has 0 spiro atoms. The molecule has 4 nitrogen and oxygen atoms in total. The van der Waals surface area contributed by atoms with Crippen molar-refractivity contribution in [3.8, 4) is 0 Å². The van der Waals surface area contributed by atoms with E-state index in [0.717, 1.165) is 11.3 Å². The van der Waals surface area contributed by atoms with Crippen LogP contribution in [-0.2, 0) is 0 Å². The van der Waals surface area contributed by atoms with Crippen molar-refractivity contribution in [2.24, 2.45) is 5.10 Å². The molecule has 0 amide bonds. The number of rotatable bonds is 4. The molecule has 6 heteroatoms. The summed E-state index contributed by atoms with van der Waals surface area (Å²) in [5.74, 6) is -1.00. The Morgan fingerprint density at radius 1 is 1.33 bits per heavy atom. The zero-order valence-electron chi connectivity index (χ0n) is 11.9. The van der Waals surface area contributed by atoms with Crippen LogP contribution in [-0.4, -0.2) is 16.8 Å². The molecule has 0 radical (unpaired) electrons. The first-order chi connectivity index (χ1) is 9.88. The Morgan fingerprint density at radius 2 is 2.05 bits per heavy atom. The molecule has 110 valence electrons. The number of aromatic carboxylic acids is 1. The molecule has 0 bridgehead atoms. The van der Waals surface area contributed by atoms with Crippen LogP contribution in [0.1, 0.15) is 32.6 Å². The van der Waals surface area contributed by atoms with Crippen molar-refractivity contribution in [2.45, 2.75) is 20.8 Å². The van der Waals surface area contributed by atoms with E-state index in [4.69, 9.17) is 16.7 Å². The van der Waals surface area contributed by atoms with Gasteiger partial charge in [0.15, 0.2) is 0 Å². The third-order valence-corrected chi connectivity index (χ3v) is 4.28. The lowest BCUT2D eigenvalue weighted by molar-refractivity contribution is 0.0697. The Bertz CT molecular complexity index is 722. The van der Waals surface area contributed by atoms with Gasteiger partial charge in [0, 0.05) is 15.3 Å². The summed E-state index contributed by atoms with van der Waals surface area (Å²) in [5.41, 5.74) is 5.38. The maximum atomic E-state index is 11.0. The highest BCUT2D eigenvalue weighted by Gasteiger charge is 2.08. The normalized spacial score (nSPS) is 11.5. The number of hydrogen-bond donors (Lipinski definition) is 2. The molecule has 1 aromatic heterocycles. The molecular weight excluding hydrogens is 308 g/mol. The number of thiophene rings is 1. The molecule has 0 aliphatic carbocycles. The van der Waals surface area contributed by atoms with Gasteiger partial charge in [-0.05, 0) is 45.0 Å². The average molecular weight is 323 g/mol. The lowest BCUT2D eigenvalue weighted by Gasteiger charge is -2.06. The van der Waals surface area contributed by atoms with Gasteiger partial charge in [-0.2, -0.15) is 5.10 Å². The number of carbonyl (C=O) groups is 1. The van der Waals surface area contributed by atoms with Crippen LogP contribution >= 0.6 is 22.9 Å². The van der Waals surface area contributed by atoms with Crippen molar-refractivity contribution in [2.75, 3.05) is 5.43 Å². The van der Waals surface area contributed by atoms with Crippen LogP contribution in [0.4, 0.5) is 5.69 Å². The number of benzene rings is 1. The van der Waals surface area contributed by atoms with Crippen LogP contribution in [0, 0.1) is 13.8 Å². The summed E-state index contributed by atoms with van der Waals surface area (Å²) in [6, 6.07) is 6.54. The maximum absolute atomic E-state index is 11.0. The van der Waals surface area contributed by atoms with Gasteiger partial charge in [-0.1, -0.05) is 11.6 Å². The van der Waals surface area contributed by atoms with Crippen molar-refractivity contribution < 1.29 is 9.90 Å². The van der Waals surface area contributed by atoms with Crippen LogP contribution in [0.25, 0.3) is 0 Å². The van der Waals surface area contributed by atoms with Crippen LogP contribution in [0.5, 0.6) is 0 Å². The quantitative estimate of drug-likeness (QED) is 0.641. The van der Waals surface area contributed by atoms with Gasteiger partial charge >= 0.3 is 5.97 Å². The van der Waals surface area contributed by atoms with Crippen LogP contribution in [0.2, 0.25) is 5.02 Å². The minimum atomic E-state index is -1.00. The minimum absolute atomic E-state index is 0.164. The molecule has 21 heavy (non-hydrogen) atoms. The van der Waals surface area contributed by atoms with Gasteiger partial charge in [0.25, 0.3) is 0 Å². The molecule has 1 aromatic carbocycles. The van der Waals surface area contributed by atoms with Gasteiger partial charge in [-0.3, -0.25) is 5.43 Å². The van der Waals surface area contributed by atoms with Crippen LogP contribution in [0.3, 0.4) is 0 Å². The van der Waals surface area contributed by atoms with Gasteiger partial charge in [-0.25, -0.2) is 4.79 Å². The zero-order chi connectivity index (χ0) is 15.6. The van der Waals surface area contributed by atoms with Gasteiger partial charge in [0.1, 0.15) is 0 Å². The lowest BCUT2D eigenvalue weighted by Crippen LogP contribution is -2.02. The zero-order valence-corrected chi connectivity index (χ0v) is 13.5. The number of aryl methyl sites for hydroxylation is 2. The molecular formula is C15H15ClN2O2S. The van der Waals surface area contributed by atoms with E-state index in [-0.39, 0.29) is 5.56 Å². The second-order valence-corrected chi connectivity index (χ2v) is 6.50. The van der Waals surface area contributed by atoms with Crippen molar-refractivity contribution >= 4 is 40.3 Å². The summed E-state index contributed by atoms with van der Waals surface area (Å²) in [7, 11) is 0. The van der Waals surface area contributed by atoms with Crippen LogP contribution < -0.4 is 5.43 Å². The molecule has 0 saturated carbocycles. The molecule has 0 saturated heterocycles. The van der Waals surface area contributed by atoms with E-state index in [9.17, 15) is 4.79 Å². The summed E-state index contributed by atoms with van der Waals surface area (Å²) in [4.78, 5) is 13.4. The predicted octanol–water partition coefficient (Wildman–Crippen LogP) is 4.55. The second kappa shape index (κ2) is 6.28. The van der Waals surface area contributed by atoms with Crippen LogP contribution in [0.15, 0.2) is 29.4 Å². The van der Waals surface area contributed by atoms with Crippen molar-refractivity contribution in [1.82, 2.24) is 0 Å². The average Bonchev–Trinajstić information content (AvgIpc) is 2.76. The number of hydrazone groups is 1. The van der Waals surface area contributed by atoms with Crippen molar-refractivity contribution in [1.29, 1.82) is 0 Å². The third-order valence-electron chi connectivity index (χ3n) is 2.99. The van der Waals surface area contributed by atoms with Gasteiger partial charge in [0.2, 0.25) is 0 Å². The fourth-order valence-corrected chi connectivity index (χ4v) is 3.07. The number of carboxylic acids is 1. The molecule has 0 atom stereocenters. The topological polar surface area (TPSA) is 61.7 Å². The number of anilines is 1. The fourth-order valence-electron chi connectivity index (χ4n) is 1.94. The molecule has 0 fully saturated rings. The van der Waals surface area contributed by atoms with E-state index in [1.807, 2.05) is 13.8 Å². The highest BCUT2D eigenvalue weighted by molar-refractivity contribution is 7.12. The van der Waals surface area contributed by atoms with Gasteiger partial charge in [-0.15, -0.1) is 11.3 Å². The molecule has 2 N–H and O–H groups in total. The molecule has 2 rings (SSSR count). The number of halogens is 1. The first-order valence-corrected chi connectivity index (χ1v) is 7.48. The second-order valence-electron chi connectivity index (χ2n) is 4.64. The fraction of sp³-hybridized carbons (Fsp3) is 0.200. The van der Waals surface area contributed by atoms with Gasteiger partial charge in [0.05, 0.1) is 22.0 Å². The monoisotopic (exact) mass is 322 g/mol. The van der Waals surface area contributed by atoms with Crippen molar-refractivity contribution in [3.63, 3.8) is 0 Å². The Hall–Kier alpha value is -1.85. The van der Waals surface area contributed by atoms with Gasteiger partial charge < -0.3 is 5.11 Å². The highest BCUT2D eigenvalue weighted by Crippen LogP contribution is 2.24. The Morgan fingerprint density at radius 3 is 2.62 bits per heavy atom. The van der Waals surface area contributed by atoms with E-state index < -0.39 is 5.97 Å². The van der Waals surface area contributed by atoms with E-state index >= 15 is 0 Å². The van der Waals surface area contributed by atoms with Crippen molar-refractivity contribution in [3.05, 3.63) is 50.2 Å². The lowest BCUT2D eigenvalue weighted by atomic mass is 10.2. The summed E-state index contributed by atoms with van der Waals surface area (Å²) in [6.45, 7) is 6.00.